The van der Waals surface area contributed by atoms with Gasteiger partial charge in [-0.15, -0.1) is 0 Å². The Morgan fingerprint density at radius 2 is 2.00 bits per heavy atom. The molecule has 0 spiro atoms. The quantitative estimate of drug-likeness (QED) is 0.393. The molecule has 33 heavy (non-hydrogen) atoms. The molecule has 1 aliphatic heterocycles. The second-order valence-corrected chi connectivity index (χ2v) is 9.18. The zero-order valence-electron chi connectivity index (χ0n) is 18.8. The molecule has 168 valence electrons. The Balaban J connectivity index is 1.57. The number of nitrogens with one attached hydrogen (secondary N) is 2. The van der Waals surface area contributed by atoms with E-state index in [2.05, 4.69) is 52.6 Å². The van der Waals surface area contributed by atoms with Gasteiger partial charge in [-0.3, -0.25) is 4.98 Å². The number of methoxy groups -OCH3 is 1. The summed E-state index contributed by atoms with van der Waals surface area (Å²) in [7, 11) is 1.62. The summed E-state index contributed by atoms with van der Waals surface area (Å²) >= 11 is 6.33. The molecule has 4 aromatic rings. The predicted molar refractivity (Wildman–Crippen MR) is 132 cm³/mol. The first kappa shape index (κ1) is 21.6. The van der Waals surface area contributed by atoms with Gasteiger partial charge < -0.3 is 15.4 Å². The van der Waals surface area contributed by atoms with Gasteiger partial charge >= 0.3 is 0 Å². The van der Waals surface area contributed by atoms with Crippen molar-refractivity contribution in [3.8, 4) is 11.4 Å². The second kappa shape index (κ2) is 8.57. The van der Waals surface area contributed by atoms with Gasteiger partial charge in [-0.1, -0.05) is 31.5 Å². The first-order valence-electron chi connectivity index (χ1n) is 10.9. The van der Waals surface area contributed by atoms with Gasteiger partial charge in [-0.25, -0.2) is 15.0 Å². The maximum Gasteiger partial charge on any atom is 0.165 e. The van der Waals surface area contributed by atoms with Crippen LogP contribution in [0.15, 0.2) is 48.7 Å². The number of benzene rings is 1. The molecule has 0 radical (unpaired) electrons. The zero-order valence-corrected chi connectivity index (χ0v) is 19.6. The van der Waals surface area contributed by atoms with Crippen LogP contribution in [0.5, 0.6) is 0 Å². The molecular weight excluding hydrogens is 436 g/mol. The Morgan fingerprint density at radius 1 is 1.12 bits per heavy atom. The van der Waals surface area contributed by atoms with Gasteiger partial charge in [0.1, 0.15) is 18.1 Å². The van der Waals surface area contributed by atoms with Gasteiger partial charge in [0, 0.05) is 31.2 Å². The van der Waals surface area contributed by atoms with E-state index in [-0.39, 0.29) is 12.0 Å². The van der Waals surface area contributed by atoms with Crippen molar-refractivity contribution in [1.82, 2.24) is 19.9 Å². The second-order valence-electron chi connectivity index (χ2n) is 8.77. The topological polar surface area (TPSA) is 84.9 Å². The number of hydrogen-bond donors (Lipinski definition) is 2. The summed E-state index contributed by atoms with van der Waals surface area (Å²) in [6, 6.07) is 13.8. The van der Waals surface area contributed by atoms with Crippen LogP contribution in [0.1, 0.15) is 31.7 Å². The number of anilines is 3. The average molecular weight is 461 g/mol. The van der Waals surface area contributed by atoms with E-state index in [1.807, 2.05) is 12.1 Å². The number of pyridine rings is 2. The highest BCUT2D eigenvalue weighted by atomic mass is 35.5. The minimum Gasteiger partial charge on any atom is -0.385 e. The minimum atomic E-state index is 0.152. The summed E-state index contributed by atoms with van der Waals surface area (Å²) < 4.78 is 5.29. The van der Waals surface area contributed by atoms with Crippen molar-refractivity contribution in [2.24, 2.45) is 0 Å². The monoisotopic (exact) mass is 460 g/mol. The van der Waals surface area contributed by atoms with Crippen LogP contribution in [0.3, 0.4) is 0 Å². The van der Waals surface area contributed by atoms with Crippen LogP contribution in [0.4, 0.5) is 17.2 Å². The van der Waals surface area contributed by atoms with Gasteiger partial charge in [0.05, 0.1) is 16.1 Å². The molecule has 0 unspecified atom stereocenters. The molecule has 0 aliphatic carbocycles. The molecule has 2 N–H and O–H groups in total. The van der Waals surface area contributed by atoms with Gasteiger partial charge in [0.25, 0.3) is 0 Å². The van der Waals surface area contributed by atoms with Gasteiger partial charge in [0.15, 0.2) is 11.5 Å². The smallest absolute Gasteiger partial charge is 0.165 e. The summed E-state index contributed by atoms with van der Waals surface area (Å²) in [5.41, 5.74) is 5.39. The standard InChI is InChI=1S/C25H25ClN6O/c1-25(2)10-12-27-20-13-15(6-8-17(20)25)29-23-16-7-9-19(22-18(26)5-4-11-28-22)30-24(16)32-21(31-23)14-33-3/h4-9,11,13,27H,10,12,14H2,1-3H3,(H,29,30,31,32). The predicted octanol–water partition coefficient (Wildman–Crippen LogP) is 5.72. The summed E-state index contributed by atoms with van der Waals surface area (Å²) in [6.45, 7) is 5.80. The van der Waals surface area contributed by atoms with Crippen LogP contribution in [0.2, 0.25) is 5.02 Å². The van der Waals surface area contributed by atoms with Crippen LogP contribution in [0.25, 0.3) is 22.4 Å². The molecule has 7 nitrogen and oxygen atoms in total. The molecule has 1 aliphatic rings. The fraction of sp³-hybridized carbons (Fsp3) is 0.280. The van der Waals surface area contributed by atoms with Gasteiger partial charge in [-0.2, -0.15) is 0 Å². The maximum atomic E-state index is 6.33. The van der Waals surface area contributed by atoms with Crippen molar-refractivity contribution in [3.05, 3.63) is 65.1 Å². The Hall–Kier alpha value is -3.29. The molecule has 0 saturated heterocycles. The SMILES string of the molecule is COCc1nc(Nc2ccc3c(c2)NCCC3(C)C)c2ccc(-c3ncccc3Cl)nc2n1. The van der Waals surface area contributed by atoms with Crippen LogP contribution < -0.4 is 10.6 Å². The molecule has 5 rings (SSSR count). The van der Waals surface area contributed by atoms with Gasteiger partial charge in [0.2, 0.25) is 0 Å². The zero-order chi connectivity index (χ0) is 23.0. The fourth-order valence-electron chi connectivity index (χ4n) is 4.19. The van der Waals surface area contributed by atoms with E-state index >= 15 is 0 Å². The molecule has 0 amide bonds. The molecule has 4 heterocycles. The normalized spacial score (nSPS) is 14.5. The lowest BCUT2D eigenvalue weighted by atomic mass is 9.78. The molecule has 0 fully saturated rings. The number of fused-ring (bicyclic) bond motifs is 2. The lowest BCUT2D eigenvalue weighted by Crippen LogP contribution is -2.28. The first-order chi connectivity index (χ1) is 15.9. The van der Waals surface area contributed by atoms with Crippen molar-refractivity contribution < 1.29 is 4.74 Å². The van der Waals surface area contributed by atoms with Crippen molar-refractivity contribution in [3.63, 3.8) is 0 Å². The number of aromatic nitrogens is 4. The van der Waals surface area contributed by atoms with Crippen LogP contribution in [-0.2, 0) is 16.8 Å². The third-order valence-corrected chi connectivity index (χ3v) is 6.26. The third-order valence-electron chi connectivity index (χ3n) is 5.96. The summed E-state index contributed by atoms with van der Waals surface area (Å²) in [4.78, 5) is 18.4. The summed E-state index contributed by atoms with van der Waals surface area (Å²) in [6.07, 6.45) is 2.81. The van der Waals surface area contributed by atoms with E-state index in [4.69, 9.17) is 26.3 Å². The highest BCUT2D eigenvalue weighted by Gasteiger charge is 2.27. The Bertz CT molecular complexity index is 1340. The van der Waals surface area contributed by atoms with E-state index in [0.29, 0.717) is 33.7 Å². The molecule has 0 bridgehead atoms. The first-order valence-corrected chi connectivity index (χ1v) is 11.3. The minimum absolute atomic E-state index is 0.152. The van der Waals surface area contributed by atoms with Crippen LogP contribution in [0, 0.1) is 0 Å². The summed E-state index contributed by atoms with van der Waals surface area (Å²) in [5.74, 6) is 1.22. The van der Waals surface area contributed by atoms with Crippen LogP contribution >= 0.6 is 11.6 Å². The number of ether oxygens (including phenoxy) is 1. The largest absolute Gasteiger partial charge is 0.385 e. The Kier molecular flexibility index (Phi) is 5.60. The lowest BCUT2D eigenvalue weighted by Gasteiger charge is -2.33. The highest BCUT2D eigenvalue weighted by Crippen LogP contribution is 2.38. The fourth-order valence-corrected chi connectivity index (χ4v) is 4.41. The molecule has 0 saturated carbocycles. The third kappa shape index (κ3) is 4.21. The summed E-state index contributed by atoms with van der Waals surface area (Å²) in [5, 5.41) is 8.33. The molecule has 0 atom stereocenters. The van der Waals surface area contributed by atoms with E-state index in [1.165, 1.54) is 5.56 Å². The van der Waals surface area contributed by atoms with Gasteiger partial charge in [-0.05, 0) is 53.8 Å². The highest BCUT2D eigenvalue weighted by molar-refractivity contribution is 6.32. The number of rotatable bonds is 5. The van der Waals surface area contributed by atoms with Crippen molar-refractivity contribution in [2.75, 3.05) is 24.3 Å². The lowest BCUT2D eigenvalue weighted by molar-refractivity contribution is 0.178. The number of nitrogens with zero attached hydrogens (tertiary/aromatic N) is 4. The van der Waals surface area contributed by atoms with E-state index in [1.54, 1.807) is 25.4 Å². The van der Waals surface area contributed by atoms with E-state index in [9.17, 15) is 0 Å². The number of hydrogen-bond acceptors (Lipinski definition) is 7. The Morgan fingerprint density at radius 3 is 2.82 bits per heavy atom. The Labute approximate surface area is 197 Å². The van der Waals surface area contributed by atoms with Crippen LogP contribution in [-0.4, -0.2) is 33.6 Å². The average Bonchev–Trinajstić information content (AvgIpc) is 2.79. The maximum absolute atomic E-state index is 6.33. The van der Waals surface area contributed by atoms with Crippen molar-refractivity contribution in [1.29, 1.82) is 0 Å². The number of halogens is 1. The van der Waals surface area contributed by atoms with E-state index < -0.39 is 0 Å². The molecule has 1 aromatic carbocycles. The van der Waals surface area contributed by atoms with Crippen molar-refractivity contribution in [2.45, 2.75) is 32.3 Å². The molecular formula is C25H25ClN6O. The molecule has 8 heteroatoms. The van der Waals surface area contributed by atoms with E-state index in [0.717, 1.165) is 29.7 Å². The van der Waals surface area contributed by atoms with Crippen molar-refractivity contribution >= 4 is 39.8 Å². The molecule has 3 aromatic heterocycles.